The molecule has 6 aromatic rings. The minimum Gasteiger partial charge on any atom is -0.387 e. The molecule has 39 nitrogen and oxygen atoms in total. The van der Waals surface area contributed by atoms with E-state index in [1.807, 2.05) is 0 Å². The molecule has 3 fully saturated rings. The number of aryl methyl sites for hydroxylation is 1. The molecule has 0 radical (unpaired) electrons. The number of aliphatic hydroxyl groups excluding tert-OH is 4. The average molecular weight is 1150 g/mol. The Morgan fingerprint density at radius 1 is 0.667 bits per heavy atom. The maximum atomic E-state index is 13.7. The van der Waals surface area contributed by atoms with Gasteiger partial charge in [-0.25, -0.2) is 42.8 Å². The molecule has 7 unspecified atom stereocenters. The van der Waals surface area contributed by atoms with Gasteiger partial charge in [0.25, 0.3) is 17.1 Å². The van der Waals surface area contributed by atoms with Crippen molar-refractivity contribution >= 4 is 82.5 Å². The fourth-order valence-corrected chi connectivity index (χ4v) is 12.8. The van der Waals surface area contributed by atoms with E-state index in [0.717, 1.165) is 35.2 Å². The van der Waals surface area contributed by atoms with Crippen LogP contribution in [-0.2, 0) is 71.0 Å². The van der Waals surface area contributed by atoms with Gasteiger partial charge in [-0.2, -0.15) is 13.6 Å². The van der Waals surface area contributed by atoms with Crippen LogP contribution in [0.25, 0.3) is 33.5 Å². The Balaban J connectivity index is 0.862. The van der Waals surface area contributed by atoms with Crippen molar-refractivity contribution in [2.24, 2.45) is 7.05 Å². The number of aromatic amines is 2. The van der Waals surface area contributed by atoms with Crippen LogP contribution in [0.2, 0.25) is 0 Å². The molecule has 6 aromatic heterocycles. The molecule has 410 valence electrons. The van der Waals surface area contributed by atoms with Gasteiger partial charge in [0.1, 0.15) is 66.8 Å². The van der Waals surface area contributed by atoms with Crippen LogP contribution in [0.15, 0.2) is 34.9 Å². The van der Waals surface area contributed by atoms with Crippen molar-refractivity contribution in [1.82, 2.24) is 53.6 Å². The highest BCUT2D eigenvalue weighted by atomic mass is 31.3. The normalized spacial score (nSPS) is 30.5. The summed E-state index contributed by atoms with van der Waals surface area (Å²) in [5.41, 5.74) is 15.4. The van der Waals surface area contributed by atoms with Crippen LogP contribution in [0.1, 0.15) is 18.7 Å². The number of aromatic nitrogens is 12. The summed E-state index contributed by atoms with van der Waals surface area (Å²) in [6.07, 6.45) is -15.8. The number of imidazole rings is 3. The molecule has 9 rings (SSSR count). The predicted octanol–water partition coefficient (Wildman–Crippen LogP) is -4.71. The van der Waals surface area contributed by atoms with Gasteiger partial charge in [0, 0.05) is 7.11 Å². The molecule has 3 aliphatic heterocycles. The van der Waals surface area contributed by atoms with Gasteiger partial charge >= 0.3 is 36.9 Å². The summed E-state index contributed by atoms with van der Waals surface area (Å²) >= 11 is 0. The van der Waals surface area contributed by atoms with Crippen LogP contribution in [0.4, 0.5) is 17.7 Å². The zero-order valence-electron chi connectivity index (χ0n) is 38.0. The number of nitrogens with two attached hydrogens (primary N) is 3. The van der Waals surface area contributed by atoms with Crippen LogP contribution in [0.5, 0.6) is 0 Å². The monoisotopic (exact) mass is 1150 g/mol. The Morgan fingerprint density at radius 2 is 1.23 bits per heavy atom. The molecular weight excluding hydrogens is 1100 g/mol. The number of fused-ring (bicyclic) bond motifs is 3. The summed E-state index contributed by atoms with van der Waals surface area (Å²) in [6.45, 7) is -3.40. The maximum Gasteiger partial charge on any atom is 0.490 e. The van der Waals surface area contributed by atoms with Gasteiger partial charge in [-0.15, -0.1) is 0 Å². The third kappa shape index (κ3) is 10.9. The first-order chi connectivity index (χ1) is 35.2. The number of H-pyrrole nitrogens is 2. The minimum atomic E-state index is -6.20. The predicted molar refractivity (Wildman–Crippen MR) is 239 cm³/mol. The number of nitrogens with one attached hydrogen (secondary N) is 2. The number of methoxy groups -OCH3 is 1. The van der Waals surface area contributed by atoms with E-state index in [-0.39, 0.29) is 51.2 Å². The Hall–Kier alpha value is -5.15. The molecule has 16 atom stereocenters. The lowest BCUT2D eigenvalue weighted by atomic mass is 10.1. The SMILES string of the molecule is COC1[C@H](OP(=O)(O)OC[C@H]2O[C@@H](n3cnc4c(=O)[nH]c(N)nc43)[C@H](O)[C@@H]2O)C(COP(=O)(O)OP(=O)(O)OP(=O)(O)OC[C@H]2OC([n+]3cn(C)c4c(=O)[nH]c(N)nc43)[C@H](O)[C@@H]2O)O[C@H]1n1cnc2c(N)ncnc21. The summed E-state index contributed by atoms with van der Waals surface area (Å²) < 4.78 is 109. The highest BCUT2D eigenvalue weighted by molar-refractivity contribution is 7.66. The maximum absolute atomic E-state index is 13.7. The molecule has 0 bridgehead atoms. The zero-order chi connectivity index (χ0) is 54.3. The first-order valence-corrected chi connectivity index (χ1v) is 27.1. The average Bonchev–Trinajstić information content (AvgIpc) is 4.17. The van der Waals surface area contributed by atoms with E-state index in [9.17, 15) is 67.8 Å². The fourth-order valence-electron chi connectivity index (χ4n) is 8.29. The number of rotatable bonds is 19. The van der Waals surface area contributed by atoms with Gasteiger partial charge < -0.3 is 76.1 Å². The second-order valence-electron chi connectivity index (χ2n) is 16.5. The first kappa shape index (κ1) is 54.6. The number of nitrogen functional groups attached to an aromatic ring is 3. The van der Waals surface area contributed by atoms with Gasteiger partial charge in [-0.3, -0.25) is 51.4 Å². The van der Waals surface area contributed by atoms with E-state index in [4.69, 9.17) is 49.7 Å². The molecule has 16 N–H and O–H groups in total. The van der Waals surface area contributed by atoms with Crippen molar-refractivity contribution in [1.29, 1.82) is 0 Å². The van der Waals surface area contributed by atoms with Gasteiger partial charge in [-0.05, 0) is 0 Å². The van der Waals surface area contributed by atoms with E-state index < -0.39 is 136 Å². The van der Waals surface area contributed by atoms with Crippen LogP contribution in [0, 0.1) is 0 Å². The van der Waals surface area contributed by atoms with Crippen molar-refractivity contribution in [2.75, 3.05) is 44.1 Å². The van der Waals surface area contributed by atoms with Crippen LogP contribution in [-0.4, -0.2) is 175 Å². The van der Waals surface area contributed by atoms with Crippen molar-refractivity contribution in [3.05, 3.63) is 46.0 Å². The largest absolute Gasteiger partial charge is 0.490 e. The molecule has 75 heavy (non-hydrogen) atoms. The summed E-state index contributed by atoms with van der Waals surface area (Å²) in [6, 6.07) is 0. The number of phosphoric ester groups is 3. The number of phosphoric acid groups is 4. The highest BCUT2D eigenvalue weighted by Crippen LogP contribution is 2.68. The standard InChI is InChI=1S/C32H43N15O24P4/c1-44-9-47(25-15(44)27(53)43-32(35)41-25)29-19(51)17(49)11(67-29)4-64-73(56,57)70-75(60,61)71-74(58,59)65-5-12-20(21(62-2)30(68-12)45-7-38-13-22(33)36-6-37-23(13)45)69-72(54,55)63-3-10-16(48)18(50)28(66-10)46-8-39-14-24(46)40-31(34)42-26(14)52/h6-12,16-21,28-30,48-51H,3-5H2,1-2H3,(H11-,33,34,35,36,37,40,41,42,43,52,53,54,55,56,57,58,59,60,61)/p+1/t10-,11-,12?,16-,17-,18-,19-,20-,21?,28-,29?,30-/m1/s1. The molecule has 3 saturated heterocycles. The topological polar surface area (TPSA) is 562 Å². The summed E-state index contributed by atoms with van der Waals surface area (Å²) in [7, 11) is -20.9. The van der Waals surface area contributed by atoms with E-state index in [1.54, 1.807) is 0 Å². The molecule has 0 aromatic carbocycles. The number of aliphatic hydroxyl groups is 4. The quantitative estimate of drug-likeness (QED) is 0.0268. The Labute approximate surface area is 414 Å². The second kappa shape index (κ2) is 20.3. The van der Waals surface area contributed by atoms with Gasteiger partial charge in [0.2, 0.25) is 17.7 Å². The summed E-state index contributed by atoms with van der Waals surface area (Å²) in [5.74, 6) is -0.716. The molecule has 9 heterocycles. The van der Waals surface area contributed by atoms with Crippen molar-refractivity contribution in [2.45, 2.75) is 73.6 Å². The number of hydrogen-bond donors (Lipinski definition) is 13. The Morgan fingerprint density at radius 3 is 1.89 bits per heavy atom. The zero-order valence-corrected chi connectivity index (χ0v) is 41.5. The molecule has 0 amide bonds. The first-order valence-electron chi connectivity index (χ1n) is 21.2. The number of anilines is 3. The van der Waals surface area contributed by atoms with E-state index >= 15 is 0 Å². The molecule has 0 saturated carbocycles. The molecule has 0 aliphatic carbocycles. The van der Waals surface area contributed by atoms with Crippen molar-refractivity contribution in [3.8, 4) is 0 Å². The van der Waals surface area contributed by atoms with E-state index in [1.165, 1.54) is 22.5 Å². The smallest absolute Gasteiger partial charge is 0.387 e. The lowest BCUT2D eigenvalue weighted by Gasteiger charge is -2.26. The number of hydrogen-bond acceptors (Lipinski definition) is 29. The summed E-state index contributed by atoms with van der Waals surface area (Å²) in [4.78, 5) is 95.6. The molecule has 0 spiro atoms. The summed E-state index contributed by atoms with van der Waals surface area (Å²) in [5, 5.41) is 43.2. The minimum absolute atomic E-state index is 0.00606. The van der Waals surface area contributed by atoms with Gasteiger partial charge in [0.05, 0.1) is 39.5 Å². The second-order valence-corrected chi connectivity index (χ2v) is 22.5. The fraction of sp³-hybridized carbons (Fsp3) is 0.531. The third-order valence-electron chi connectivity index (χ3n) is 11.6. The van der Waals surface area contributed by atoms with Crippen LogP contribution in [0.3, 0.4) is 0 Å². The van der Waals surface area contributed by atoms with Crippen molar-refractivity contribution < 1.29 is 108 Å². The van der Waals surface area contributed by atoms with Gasteiger partial charge in [-0.1, -0.05) is 4.98 Å². The van der Waals surface area contributed by atoms with Gasteiger partial charge in [0.15, 0.2) is 41.4 Å². The highest BCUT2D eigenvalue weighted by Gasteiger charge is 2.54. The Kier molecular flexibility index (Phi) is 14.8. The molecular formula is C32H44N15O24P4+. The third-order valence-corrected chi connectivity index (χ3v) is 16.8. The van der Waals surface area contributed by atoms with E-state index in [0.29, 0.717) is 0 Å². The number of ether oxygens (including phenoxy) is 4. The number of nitrogens with zero attached hydrogens (tertiary/aromatic N) is 10. The molecule has 43 heteroatoms. The Bertz CT molecular complexity index is 3470. The lowest BCUT2D eigenvalue weighted by Crippen LogP contribution is -2.46. The van der Waals surface area contributed by atoms with Crippen LogP contribution >= 0.6 is 31.3 Å². The van der Waals surface area contributed by atoms with E-state index in [2.05, 4.69) is 53.0 Å². The molecule has 3 aliphatic rings. The van der Waals surface area contributed by atoms with Crippen molar-refractivity contribution in [3.63, 3.8) is 0 Å². The lowest BCUT2D eigenvalue weighted by molar-refractivity contribution is -0.745. The van der Waals surface area contributed by atoms with Crippen LogP contribution < -0.4 is 32.9 Å².